The molecule has 4 rings (SSSR count). The summed E-state index contributed by atoms with van der Waals surface area (Å²) in [5.41, 5.74) is 1.49. The predicted octanol–water partition coefficient (Wildman–Crippen LogP) is 6.32. The van der Waals surface area contributed by atoms with E-state index in [9.17, 15) is 4.79 Å². The molecule has 1 atom stereocenters. The molecule has 0 saturated heterocycles. The second-order valence-corrected chi connectivity index (χ2v) is 8.37. The van der Waals surface area contributed by atoms with E-state index in [0.29, 0.717) is 38.7 Å². The number of nitrogens with one attached hydrogen (secondary N) is 1. The highest BCUT2D eigenvalue weighted by molar-refractivity contribution is 7.22. The SMILES string of the molecule is CCCCO[C@@H]1Oc2ccc(Cl)cc2C(=O)/C1=C/Nc1nc2c(Cl)cccc2s1. The number of unbranched alkanes of at least 4 members (excludes halogenated alkanes) is 1. The third kappa shape index (κ3) is 4.26. The molecule has 0 bridgehead atoms. The van der Waals surface area contributed by atoms with Crippen molar-refractivity contribution in [3.05, 3.63) is 63.8 Å². The van der Waals surface area contributed by atoms with Crippen molar-refractivity contribution in [1.82, 2.24) is 4.98 Å². The average molecular weight is 449 g/mol. The number of carbonyl (C=O) groups excluding carboxylic acids is 1. The minimum atomic E-state index is -0.798. The summed E-state index contributed by atoms with van der Waals surface area (Å²) in [6, 6.07) is 10.6. The van der Waals surface area contributed by atoms with Gasteiger partial charge in [-0.05, 0) is 36.8 Å². The monoisotopic (exact) mass is 448 g/mol. The minimum Gasteiger partial charge on any atom is -0.460 e. The van der Waals surface area contributed by atoms with E-state index in [0.717, 1.165) is 23.1 Å². The maximum Gasteiger partial charge on any atom is 0.232 e. The van der Waals surface area contributed by atoms with Gasteiger partial charge in [0.25, 0.3) is 0 Å². The molecule has 0 spiro atoms. The summed E-state index contributed by atoms with van der Waals surface area (Å²) in [7, 11) is 0. The number of rotatable bonds is 6. The van der Waals surface area contributed by atoms with Gasteiger partial charge in [-0.2, -0.15) is 0 Å². The van der Waals surface area contributed by atoms with E-state index in [-0.39, 0.29) is 5.78 Å². The first-order valence-corrected chi connectivity index (χ1v) is 10.8. The quantitative estimate of drug-likeness (QED) is 0.353. The van der Waals surface area contributed by atoms with E-state index in [1.807, 2.05) is 12.1 Å². The number of aromatic nitrogens is 1. The van der Waals surface area contributed by atoms with Gasteiger partial charge < -0.3 is 14.8 Å². The Hall–Kier alpha value is -2.12. The first-order valence-electron chi connectivity index (χ1n) is 9.21. The van der Waals surface area contributed by atoms with Crippen molar-refractivity contribution in [3.63, 3.8) is 0 Å². The largest absolute Gasteiger partial charge is 0.460 e. The van der Waals surface area contributed by atoms with Gasteiger partial charge in [-0.3, -0.25) is 4.79 Å². The van der Waals surface area contributed by atoms with Crippen molar-refractivity contribution in [1.29, 1.82) is 0 Å². The number of benzene rings is 2. The Morgan fingerprint density at radius 3 is 2.97 bits per heavy atom. The lowest BCUT2D eigenvalue weighted by molar-refractivity contribution is -0.0570. The van der Waals surface area contributed by atoms with E-state index < -0.39 is 6.29 Å². The van der Waals surface area contributed by atoms with Crippen molar-refractivity contribution >= 4 is 55.7 Å². The summed E-state index contributed by atoms with van der Waals surface area (Å²) in [4.78, 5) is 17.6. The lowest BCUT2D eigenvalue weighted by atomic mass is 10.00. The van der Waals surface area contributed by atoms with E-state index in [1.165, 1.54) is 11.3 Å². The average Bonchev–Trinajstić information content (AvgIpc) is 3.13. The summed E-state index contributed by atoms with van der Waals surface area (Å²) < 4.78 is 12.7. The number of hydrogen-bond donors (Lipinski definition) is 1. The van der Waals surface area contributed by atoms with Crippen molar-refractivity contribution in [2.75, 3.05) is 11.9 Å². The molecule has 0 fully saturated rings. The highest BCUT2D eigenvalue weighted by Crippen LogP contribution is 2.34. The third-order valence-electron chi connectivity index (χ3n) is 4.42. The molecular formula is C21H18Cl2N2O3S. The topological polar surface area (TPSA) is 60.5 Å². The van der Waals surface area contributed by atoms with Crippen LogP contribution in [0.5, 0.6) is 5.75 Å². The number of thiazole rings is 1. The maximum absolute atomic E-state index is 13.1. The van der Waals surface area contributed by atoms with Crippen LogP contribution in [0.1, 0.15) is 30.1 Å². The number of anilines is 1. The van der Waals surface area contributed by atoms with E-state index >= 15 is 0 Å². The summed E-state index contributed by atoms with van der Waals surface area (Å²) in [6.07, 6.45) is 2.65. The standard InChI is InChI=1S/C21H18Cl2N2O3S/c1-2-3-9-27-20-14(19(26)13-10-12(22)7-8-16(13)28-20)11-24-21-25-18-15(23)5-4-6-17(18)29-21/h4-8,10-11,20H,2-3,9H2,1H3,(H,24,25)/b14-11-/t20-/m1/s1. The zero-order valence-corrected chi connectivity index (χ0v) is 17.9. The van der Waals surface area contributed by atoms with Crippen LogP contribution in [0, 0.1) is 0 Å². The van der Waals surface area contributed by atoms with Crippen LogP contribution < -0.4 is 10.1 Å². The Kier molecular flexibility index (Phi) is 6.06. The van der Waals surface area contributed by atoms with Crippen LogP contribution in [0.2, 0.25) is 10.0 Å². The van der Waals surface area contributed by atoms with Gasteiger partial charge >= 0.3 is 0 Å². The number of ether oxygens (including phenoxy) is 2. The number of Topliss-reactive ketones (excluding diaryl/α,β-unsaturated/α-hetero) is 1. The smallest absolute Gasteiger partial charge is 0.232 e. The Morgan fingerprint density at radius 1 is 1.31 bits per heavy atom. The van der Waals surface area contributed by atoms with E-state index in [2.05, 4.69) is 17.2 Å². The van der Waals surface area contributed by atoms with Crippen molar-refractivity contribution in [2.24, 2.45) is 0 Å². The molecule has 150 valence electrons. The molecule has 1 aliphatic heterocycles. The number of carbonyl (C=O) groups is 1. The van der Waals surface area contributed by atoms with Crippen molar-refractivity contribution < 1.29 is 14.3 Å². The molecule has 5 nitrogen and oxygen atoms in total. The molecule has 1 aliphatic rings. The number of halogens is 2. The van der Waals surface area contributed by atoms with Crippen LogP contribution in [0.3, 0.4) is 0 Å². The summed E-state index contributed by atoms with van der Waals surface area (Å²) >= 11 is 13.7. The van der Waals surface area contributed by atoms with Crippen LogP contribution >= 0.6 is 34.5 Å². The lowest BCUT2D eigenvalue weighted by Crippen LogP contribution is -2.33. The summed E-state index contributed by atoms with van der Waals surface area (Å²) in [6.45, 7) is 2.57. The fraction of sp³-hybridized carbons (Fsp3) is 0.238. The number of nitrogens with zero attached hydrogens (tertiary/aromatic N) is 1. The molecule has 1 N–H and O–H groups in total. The van der Waals surface area contributed by atoms with Gasteiger partial charge in [-0.1, -0.05) is 53.9 Å². The second kappa shape index (κ2) is 8.71. The zero-order valence-electron chi connectivity index (χ0n) is 15.6. The number of hydrogen-bond acceptors (Lipinski definition) is 6. The summed E-state index contributed by atoms with van der Waals surface area (Å²) in [5.74, 6) is 0.270. The zero-order chi connectivity index (χ0) is 20.4. The first kappa shape index (κ1) is 20.2. The molecule has 0 amide bonds. The molecule has 0 unspecified atom stereocenters. The lowest BCUT2D eigenvalue weighted by Gasteiger charge is -2.27. The first-order chi connectivity index (χ1) is 14.1. The van der Waals surface area contributed by atoms with E-state index in [4.69, 9.17) is 32.7 Å². The Morgan fingerprint density at radius 2 is 2.17 bits per heavy atom. The molecule has 2 heterocycles. The molecule has 3 aromatic rings. The van der Waals surface area contributed by atoms with Crippen LogP contribution in [-0.4, -0.2) is 23.7 Å². The molecule has 0 radical (unpaired) electrons. The molecule has 0 saturated carbocycles. The molecule has 0 aliphatic carbocycles. The van der Waals surface area contributed by atoms with Gasteiger partial charge in [-0.25, -0.2) is 4.98 Å². The van der Waals surface area contributed by atoms with Gasteiger partial charge in [0.15, 0.2) is 5.13 Å². The fourth-order valence-corrected chi connectivity index (χ4v) is 4.24. The second-order valence-electron chi connectivity index (χ2n) is 6.49. The number of para-hydroxylation sites is 1. The minimum absolute atomic E-state index is 0.193. The highest BCUT2D eigenvalue weighted by atomic mass is 35.5. The van der Waals surface area contributed by atoms with Crippen LogP contribution in [0.15, 0.2) is 48.2 Å². The fourth-order valence-electron chi connectivity index (χ4n) is 2.93. The van der Waals surface area contributed by atoms with Crippen LogP contribution in [0.4, 0.5) is 5.13 Å². The van der Waals surface area contributed by atoms with Crippen LogP contribution in [0.25, 0.3) is 10.2 Å². The van der Waals surface area contributed by atoms with Gasteiger partial charge in [0.1, 0.15) is 11.3 Å². The predicted molar refractivity (Wildman–Crippen MR) is 117 cm³/mol. The van der Waals surface area contributed by atoms with Crippen molar-refractivity contribution in [2.45, 2.75) is 26.1 Å². The Labute approximate surface area is 182 Å². The number of ketones is 1. The van der Waals surface area contributed by atoms with Gasteiger partial charge in [0, 0.05) is 11.2 Å². The molecule has 8 heteroatoms. The van der Waals surface area contributed by atoms with Crippen molar-refractivity contribution in [3.8, 4) is 5.75 Å². The van der Waals surface area contributed by atoms with Gasteiger partial charge in [-0.15, -0.1) is 0 Å². The molecule has 29 heavy (non-hydrogen) atoms. The van der Waals surface area contributed by atoms with Crippen LogP contribution in [-0.2, 0) is 4.74 Å². The highest BCUT2D eigenvalue weighted by Gasteiger charge is 2.33. The third-order valence-corrected chi connectivity index (χ3v) is 5.92. The Balaban J connectivity index is 1.64. The normalized spacial score (nSPS) is 17.4. The molecular weight excluding hydrogens is 431 g/mol. The molecule has 2 aromatic carbocycles. The summed E-state index contributed by atoms with van der Waals surface area (Å²) in [5, 5.41) is 4.78. The molecule has 1 aromatic heterocycles. The Bertz CT molecular complexity index is 1100. The van der Waals surface area contributed by atoms with E-state index in [1.54, 1.807) is 30.5 Å². The van der Waals surface area contributed by atoms with Gasteiger partial charge in [0.2, 0.25) is 12.1 Å². The number of fused-ring (bicyclic) bond motifs is 2. The van der Waals surface area contributed by atoms with Gasteiger partial charge in [0.05, 0.1) is 27.5 Å². The maximum atomic E-state index is 13.1.